The molecule has 0 aromatic rings. The molecule has 1 saturated carbocycles. The van der Waals surface area contributed by atoms with E-state index in [0.717, 1.165) is 5.92 Å². The van der Waals surface area contributed by atoms with Gasteiger partial charge in [-0.15, -0.1) is 0 Å². The van der Waals surface area contributed by atoms with Crippen molar-refractivity contribution in [3.05, 3.63) is 0 Å². The summed E-state index contributed by atoms with van der Waals surface area (Å²) in [5.41, 5.74) is 0. The maximum Gasteiger partial charge on any atom is 0.217 e. The monoisotopic (exact) mass is 169 g/mol. The summed E-state index contributed by atoms with van der Waals surface area (Å²) >= 11 is 0. The SMILES string of the molecule is CC(=O)NC(C)C1CCCCC1. The van der Waals surface area contributed by atoms with Crippen LogP contribution in [-0.2, 0) is 4.79 Å². The van der Waals surface area contributed by atoms with E-state index in [1.165, 1.54) is 32.1 Å². The van der Waals surface area contributed by atoms with Crippen LogP contribution in [0, 0.1) is 5.92 Å². The van der Waals surface area contributed by atoms with Gasteiger partial charge in [0.25, 0.3) is 0 Å². The number of amides is 1. The Kier molecular flexibility index (Phi) is 3.57. The minimum atomic E-state index is 0.105. The molecule has 0 heterocycles. The molecule has 0 radical (unpaired) electrons. The second kappa shape index (κ2) is 4.48. The van der Waals surface area contributed by atoms with Gasteiger partial charge in [-0.2, -0.15) is 0 Å². The fourth-order valence-electron chi connectivity index (χ4n) is 2.07. The molecule has 0 aromatic carbocycles. The van der Waals surface area contributed by atoms with Gasteiger partial charge < -0.3 is 5.32 Å². The van der Waals surface area contributed by atoms with E-state index in [1.807, 2.05) is 0 Å². The summed E-state index contributed by atoms with van der Waals surface area (Å²) in [7, 11) is 0. The van der Waals surface area contributed by atoms with Crippen molar-refractivity contribution in [2.24, 2.45) is 5.92 Å². The van der Waals surface area contributed by atoms with Crippen molar-refractivity contribution in [2.75, 3.05) is 0 Å². The molecule has 0 bridgehead atoms. The Morgan fingerprint density at radius 2 is 1.92 bits per heavy atom. The average Bonchev–Trinajstić information content (AvgIpc) is 2.05. The zero-order valence-corrected chi connectivity index (χ0v) is 8.10. The third-order valence-corrected chi connectivity index (χ3v) is 2.79. The molecule has 2 heteroatoms. The first-order valence-corrected chi connectivity index (χ1v) is 4.97. The first-order valence-electron chi connectivity index (χ1n) is 4.97. The molecule has 1 N–H and O–H groups in total. The van der Waals surface area contributed by atoms with E-state index in [1.54, 1.807) is 6.92 Å². The summed E-state index contributed by atoms with van der Waals surface area (Å²) < 4.78 is 0. The Morgan fingerprint density at radius 3 is 2.42 bits per heavy atom. The molecule has 0 saturated heterocycles. The van der Waals surface area contributed by atoms with E-state index >= 15 is 0 Å². The first-order chi connectivity index (χ1) is 5.70. The fourth-order valence-corrected chi connectivity index (χ4v) is 2.07. The summed E-state index contributed by atoms with van der Waals surface area (Å²) in [6, 6.07) is 0.378. The summed E-state index contributed by atoms with van der Waals surface area (Å²) in [4.78, 5) is 10.8. The molecule has 1 unspecified atom stereocenters. The van der Waals surface area contributed by atoms with Gasteiger partial charge in [-0.1, -0.05) is 19.3 Å². The fraction of sp³-hybridized carbons (Fsp3) is 0.900. The van der Waals surface area contributed by atoms with Gasteiger partial charge in [0.15, 0.2) is 0 Å². The minimum absolute atomic E-state index is 0.105. The van der Waals surface area contributed by atoms with Gasteiger partial charge >= 0.3 is 0 Å². The average molecular weight is 169 g/mol. The smallest absolute Gasteiger partial charge is 0.217 e. The van der Waals surface area contributed by atoms with E-state index in [0.29, 0.717) is 6.04 Å². The lowest BCUT2D eigenvalue weighted by Gasteiger charge is -2.27. The van der Waals surface area contributed by atoms with Gasteiger partial charge in [0.05, 0.1) is 0 Å². The molecular weight excluding hydrogens is 150 g/mol. The Balaban J connectivity index is 2.29. The van der Waals surface area contributed by atoms with Gasteiger partial charge in [0.1, 0.15) is 0 Å². The van der Waals surface area contributed by atoms with Gasteiger partial charge in [-0.25, -0.2) is 0 Å². The molecule has 1 aliphatic carbocycles. The van der Waals surface area contributed by atoms with Crippen molar-refractivity contribution >= 4 is 5.91 Å². The van der Waals surface area contributed by atoms with Crippen molar-refractivity contribution in [2.45, 2.75) is 52.0 Å². The Labute approximate surface area is 74.7 Å². The highest BCUT2D eigenvalue weighted by Crippen LogP contribution is 2.26. The lowest BCUT2D eigenvalue weighted by atomic mass is 9.84. The summed E-state index contributed by atoms with van der Waals surface area (Å²) in [6.45, 7) is 3.72. The van der Waals surface area contributed by atoms with Crippen molar-refractivity contribution in [1.82, 2.24) is 5.32 Å². The van der Waals surface area contributed by atoms with Crippen LogP contribution >= 0.6 is 0 Å². The lowest BCUT2D eigenvalue weighted by Crippen LogP contribution is -2.37. The first kappa shape index (κ1) is 9.56. The molecule has 1 aliphatic rings. The van der Waals surface area contributed by atoms with Crippen LogP contribution < -0.4 is 5.32 Å². The van der Waals surface area contributed by atoms with Crippen LogP contribution in [0.25, 0.3) is 0 Å². The molecule has 1 amide bonds. The van der Waals surface area contributed by atoms with E-state index in [-0.39, 0.29) is 5.91 Å². The molecule has 70 valence electrons. The Hall–Kier alpha value is -0.530. The van der Waals surface area contributed by atoms with Crippen LogP contribution in [0.2, 0.25) is 0 Å². The maximum absolute atomic E-state index is 10.8. The summed E-state index contributed by atoms with van der Waals surface area (Å²) in [6.07, 6.45) is 6.65. The standard InChI is InChI=1S/C10H19NO/c1-8(11-9(2)12)10-6-4-3-5-7-10/h8,10H,3-7H2,1-2H3,(H,11,12). The van der Waals surface area contributed by atoms with Crippen LogP contribution in [0.1, 0.15) is 46.0 Å². The van der Waals surface area contributed by atoms with Crippen LogP contribution in [0.4, 0.5) is 0 Å². The number of carbonyl (C=O) groups is 1. The van der Waals surface area contributed by atoms with Crippen LogP contribution in [0.3, 0.4) is 0 Å². The molecular formula is C10H19NO. The maximum atomic E-state index is 10.8. The van der Waals surface area contributed by atoms with E-state index in [2.05, 4.69) is 12.2 Å². The van der Waals surface area contributed by atoms with Crippen molar-refractivity contribution in [3.8, 4) is 0 Å². The van der Waals surface area contributed by atoms with E-state index in [9.17, 15) is 4.79 Å². The predicted molar refractivity (Wildman–Crippen MR) is 49.9 cm³/mol. The van der Waals surface area contributed by atoms with Crippen LogP contribution in [-0.4, -0.2) is 11.9 Å². The zero-order chi connectivity index (χ0) is 8.97. The van der Waals surface area contributed by atoms with Gasteiger partial charge in [0, 0.05) is 13.0 Å². The zero-order valence-electron chi connectivity index (χ0n) is 8.10. The van der Waals surface area contributed by atoms with Gasteiger partial charge in [0.2, 0.25) is 5.91 Å². The Bertz CT molecular complexity index is 150. The van der Waals surface area contributed by atoms with Crippen LogP contribution in [0.5, 0.6) is 0 Å². The van der Waals surface area contributed by atoms with Crippen LogP contribution in [0.15, 0.2) is 0 Å². The third-order valence-electron chi connectivity index (χ3n) is 2.79. The molecule has 1 atom stereocenters. The van der Waals surface area contributed by atoms with Crippen molar-refractivity contribution < 1.29 is 4.79 Å². The number of carbonyl (C=O) groups excluding carboxylic acids is 1. The van der Waals surface area contributed by atoms with Crippen molar-refractivity contribution in [3.63, 3.8) is 0 Å². The second-order valence-corrected chi connectivity index (χ2v) is 3.89. The molecule has 2 nitrogen and oxygen atoms in total. The highest BCUT2D eigenvalue weighted by molar-refractivity contribution is 5.73. The molecule has 0 spiro atoms. The van der Waals surface area contributed by atoms with Crippen molar-refractivity contribution in [1.29, 1.82) is 0 Å². The number of hydrogen-bond donors (Lipinski definition) is 1. The van der Waals surface area contributed by atoms with Gasteiger partial charge in [-0.3, -0.25) is 4.79 Å². The summed E-state index contributed by atoms with van der Waals surface area (Å²) in [5, 5.41) is 2.97. The predicted octanol–water partition coefficient (Wildman–Crippen LogP) is 2.09. The third kappa shape index (κ3) is 2.84. The quantitative estimate of drug-likeness (QED) is 0.673. The molecule has 1 fully saturated rings. The van der Waals surface area contributed by atoms with E-state index in [4.69, 9.17) is 0 Å². The highest BCUT2D eigenvalue weighted by atomic mass is 16.1. The number of rotatable bonds is 2. The number of nitrogens with one attached hydrogen (secondary N) is 1. The topological polar surface area (TPSA) is 29.1 Å². The molecule has 0 aliphatic heterocycles. The summed E-state index contributed by atoms with van der Waals surface area (Å²) in [5.74, 6) is 0.829. The number of hydrogen-bond acceptors (Lipinski definition) is 1. The normalized spacial score (nSPS) is 21.8. The Morgan fingerprint density at radius 1 is 1.33 bits per heavy atom. The minimum Gasteiger partial charge on any atom is -0.354 e. The van der Waals surface area contributed by atoms with E-state index < -0.39 is 0 Å². The second-order valence-electron chi connectivity index (χ2n) is 3.89. The largest absolute Gasteiger partial charge is 0.354 e. The van der Waals surface area contributed by atoms with Gasteiger partial charge in [-0.05, 0) is 25.7 Å². The highest BCUT2D eigenvalue weighted by Gasteiger charge is 2.19. The molecule has 0 aromatic heterocycles. The molecule has 1 rings (SSSR count). The molecule has 12 heavy (non-hydrogen) atoms. The lowest BCUT2D eigenvalue weighted by molar-refractivity contribution is -0.119.